The Labute approximate surface area is 103 Å². The minimum absolute atomic E-state index is 1.13. The maximum atomic E-state index is 4.08. The quantitative estimate of drug-likeness (QED) is 0.612. The molecule has 0 aliphatic carbocycles. The van der Waals surface area contributed by atoms with Gasteiger partial charge in [0.25, 0.3) is 0 Å². The second-order valence-electron chi connectivity index (χ2n) is 4.72. The molecule has 0 fully saturated rings. The smallest absolute Gasteiger partial charge is 0.0174 e. The summed E-state index contributed by atoms with van der Waals surface area (Å²) < 4.78 is 0. The molecule has 0 bridgehead atoms. The SMILES string of the molecule is C=C(C)C(=C(C)C)c1ccc2ccccc2c1. The van der Waals surface area contributed by atoms with Gasteiger partial charge in [-0.15, -0.1) is 0 Å². The van der Waals surface area contributed by atoms with E-state index < -0.39 is 0 Å². The standard InChI is InChI=1S/C17H18/c1-12(2)17(13(3)4)16-10-9-14-7-5-6-8-15(14)11-16/h5-11H,1H2,2-4H3. The molecule has 0 saturated carbocycles. The zero-order valence-electron chi connectivity index (χ0n) is 10.7. The lowest BCUT2D eigenvalue weighted by atomic mass is 9.94. The van der Waals surface area contributed by atoms with Gasteiger partial charge in [0.15, 0.2) is 0 Å². The second-order valence-corrected chi connectivity index (χ2v) is 4.72. The van der Waals surface area contributed by atoms with Crippen molar-refractivity contribution < 1.29 is 0 Å². The van der Waals surface area contributed by atoms with Crippen LogP contribution in [0, 0.1) is 0 Å². The Morgan fingerprint density at radius 3 is 2.12 bits per heavy atom. The fourth-order valence-corrected chi connectivity index (χ4v) is 2.31. The molecule has 0 heterocycles. The topological polar surface area (TPSA) is 0 Å². The molecule has 0 N–H and O–H groups in total. The lowest BCUT2D eigenvalue weighted by Gasteiger charge is -2.11. The van der Waals surface area contributed by atoms with Crippen LogP contribution in [-0.4, -0.2) is 0 Å². The number of fused-ring (bicyclic) bond motifs is 1. The predicted octanol–water partition coefficient (Wildman–Crippen LogP) is 5.21. The molecular weight excluding hydrogens is 204 g/mol. The highest BCUT2D eigenvalue weighted by Crippen LogP contribution is 2.28. The van der Waals surface area contributed by atoms with E-state index in [1.54, 1.807) is 0 Å². The van der Waals surface area contributed by atoms with Crippen LogP contribution in [0.5, 0.6) is 0 Å². The minimum Gasteiger partial charge on any atom is -0.0955 e. The molecule has 0 aliphatic rings. The van der Waals surface area contributed by atoms with E-state index in [4.69, 9.17) is 0 Å². The molecule has 0 atom stereocenters. The number of allylic oxidation sites excluding steroid dienone is 3. The molecule has 0 heteroatoms. The summed E-state index contributed by atoms with van der Waals surface area (Å²) in [6.45, 7) is 10.4. The number of benzene rings is 2. The van der Waals surface area contributed by atoms with Gasteiger partial charge in [-0.1, -0.05) is 54.1 Å². The number of hydrogen-bond acceptors (Lipinski definition) is 0. The molecule has 0 aliphatic heterocycles. The van der Waals surface area contributed by atoms with Crippen molar-refractivity contribution in [1.29, 1.82) is 0 Å². The zero-order chi connectivity index (χ0) is 12.4. The molecular formula is C17H18. The van der Waals surface area contributed by atoms with Crippen LogP contribution >= 0.6 is 0 Å². The molecule has 0 radical (unpaired) electrons. The Hall–Kier alpha value is -1.82. The van der Waals surface area contributed by atoms with Crippen molar-refractivity contribution >= 4 is 16.3 Å². The van der Waals surface area contributed by atoms with E-state index in [0.29, 0.717) is 0 Å². The van der Waals surface area contributed by atoms with Crippen LogP contribution in [0.2, 0.25) is 0 Å². The van der Waals surface area contributed by atoms with Crippen molar-refractivity contribution in [3.05, 3.63) is 65.8 Å². The first kappa shape index (κ1) is 11.7. The highest BCUT2D eigenvalue weighted by atomic mass is 14.1. The molecule has 0 unspecified atom stereocenters. The first-order valence-corrected chi connectivity index (χ1v) is 5.92. The van der Waals surface area contributed by atoms with Crippen LogP contribution in [-0.2, 0) is 0 Å². The highest BCUT2D eigenvalue weighted by Gasteiger charge is 2.05. The van der Waals surface area contributed by atoms with Crippen molar-refractivity contribution in [2.24, 2.45) is 0 Å². The molecule has 2 aromatic rings. The molecule has 0 spiro atoms. The van der Waals surface area contributed by atoms with E-state index in [-0.39, 0.29) is 0 Å². The Bertz CT molecular complexity index is 596. The summed E-state index contributed by atoms with van der Waals surface area (Å²) in [5.74, 6) is 0. The van der Waals surface area contributed by atoms with Crippen LogP contribution in [0.15, 0.2) is 60.2 Å². The number of rotatable bonds is 2. The van der Waals surface area contributed by atoms with Gasteiger partial charge in [0.1, 0.15) is 0 Å². The van der Waals surface area contributed by atoms with Gasteiger partial charge in [0.05, 0.1) is 0 Å². The van der Waals surface area contributed by atoms with Crippen molar-refractivity contribution in [2.45, 2.75) is 20.8 Å². The predicted molar refractivity (Wildman–Crippen MR) is 77.0 cm³/mol. The lowest BCUT2D eigenvalue weighted by Crippen LogP contribution is -1.88. The molecule has 2 rings (SSSR count). The second kappa shape index (κ2) is 4.58. The van der Waals surface area contributed by atoms with Crippen molar-refractivity contribution in [3.8, 4) is 0 Å². The molecule has 0 amide bonds. The number of hydrogen-bond donors (Lipinski definition) is 0. The molecule has 17 heavy (non-hydrogen) atoms. The molecule has 0 nitrogen and oxygen atoms in total. The third kappa shape index (κ3) is 2.31. The molecule has 0 saturated heterocycles. The molecule has 86 valence electrons. The maximum absolute atomic E-state index is 4.08. The van der Waals surface area contributed by atoms with Gasteiger partial charge in [0, 0.05) is 0 Å². The van der Waals surface area contributed by atoms with Gasteiger partial charge in [-0.05, 0) is 48.7 Å². The summed E-state index contributed by atoms with van der Waals surface area (Å²) in [5.41, 5.74) is 4.97. The summed E-state index contributed by atoms with van der Waals surface area (Å²) in [5, 5.41) is 2.57. The van der Waals surface area contributed by atoms with Gasteiger partial charge in [-0.2, -0.15) is 0 Å². The summed E-state index contributed by atoms with van der Waals surface area (Å²) in [6.07, 6.45) is 0. The van der Waals surface area contributed by atoms with Crippen LogP contribution in [0.4, 0.5) is 0 Å². The fourth-order valence-electron chi connectivity index (χ4n) is 2.31. The van der Waals surface area contributed by atoms with Crippen LogP contribution < -0.4 is 0 Å². The van der Waals surface area contributed by atoms with E-state index in [1.165, 1.54) is 27.5 Å². The largest absolute Gasteiger partial charge is 0.0955 e. The minimum atomic E-state index is 1.13. The lowest BCUT2D eigenvalue weighted by molar-refractivity contribution is 1.36. The monoisotopic (exact) mass is 222 g/mol. The van der Waals surface area contributed by atoms with E-state index in [0.717, 1.165) is 5.57 Å². The first-order valence-electron chi connectivity index (χ1n) is 5.92. The van der Waals surface area contributed by atoms with E-state index in [2.05, 4.69) is 69.8 Å². The Morgan fingerprint density at radius 1 is 0.882 bits per heavy atom. The Kier molecular flexibility index (Phi) is 3.14. The van der Waals surface area contributed by atoms with Crippen molar-refractivity contribution in [2.75, 3.05) is 0 Å². The van der Waals surface area contributed by atoms with E-state index in [1.807, 2.05) is 0 Å². The molecule has 2 aromatic carbocycles. The first-order chi connectivity index (χ1) is 8.09. The van der Waals surface area contributed by atoms with Crippen LogP contribution in [0.3, 0.4) is 0 Å². The van der Waals surface area contributed by atoms with Crippen LogP contribution in [0.25, 0.3) is 16.3 Å². The molecule has 0 aromatic heterocycles. The average molecular weight is 222 g/mol. The van der Waals surface area contributed by atoms with Crippen LogP contribution in [0.1, 0.15) is 26.3 Å². The third-order valence-electron chi connectivity index (χ3n) is 2.96. The maximum Gasteiger partial charge on any atom is -0.0174 e. The van der Waals surface area contributed by atoms with Gasteiger partial charge < -0.3 is 0 Å². The summed E-state index contributed by atoms with van der Waals surface area (Å²) in [6, 6.07) is 15.0. The zero-order valence-corrected chi connectivity index (χ0v) is 10.7. The summed E-state index contributed by atoms with van der Waals surface area (Å²) in [4.78, 5) is 0. The van der Waals surface area contributed by atoms with Crippen molar-refractivity contribution in [1.82, 2.24) is 0 Å². The Morgan fingerprint density at radius 2 is 1.53 bits per heavy atom. The van der Waals surface area contributed by atoms with E-state index in [9.17, 15) is 0 Å². The Balaban J connectivity index is 2.64. The van der Waals surface area contributed by atoms with Gasteiger partial charge in [-0.25, -0.2) is 0 Å². The van der Waals surface area contributed by atoms with Crippen molar-refractivity contribution in [3.63, 3.8) is 0 Å². The van der Waals surface area contributed by atoms with Gasteiger partial charge in [-0.3, -0.25) is 0 Å². The van der Waals surface area contributed by atoms with Gasteiger partial charge >= 0.3 is 0 Å². The van der Waals surface area contributed by atoms with Gasteiger partial charge in [0.2, 0.25) is 0 Å². The fraction of sp³-hybridized carbons (Fsp3) is 0.176. The normalized spacial score (nSPS) is 10.3. The summed E-state index contributed by atoms with van der Waals surface area (Å²) >= 11 is 0. The van der Waals surface area contributed by atoms with E-state index >= 15 is 0 Å². The third-order valence-corrected chi connectivity index (χ3v) is 2.96. The highest BCUT2D eigenvalue weighted by molar-refractivity contribution is 5.89. The summed E-state index contributed by atoms with van der Waals surface area (Å²) in [7, 11) is 0. The average Bonchev–Trinajstić information content (AvgIpc) is 2.28.